The number of halogens is 3. The first-order valence-corrected chi connectivity index (χ1v) is 16.9. The zero-order chi connectivity index (χ0) is 34.9. The zero-order valence-corrected chi connectivity index (χ0v) is 29.2. The summed E-state index contributed by atoms with van der Waals surface area (Å²) in [4.78, 5) is 29.5. The summed E-state index contributed by atoms with van der Waals surface area (Å²) >= 11 is 0. The van der Waals surface area contributed by atoms with Gasteiger partial charge in [0.1, 0.15) is 0 Å². The minimum Gasteiger partial charge on any atom is -0.370 e. The fraction of sp³-hybridized carbons (Fsp3) is 0.595. The molecular formula is C37H57F3N4O2. The summed E-state index contributed by atoms with van der Waals surface area (Å²) in [6, 6.07) is 12.8. The van der Waals surface area contributed by atoms with E-state index in [1.807, 2.05) is 33.8 Å². The van der Waals surface area contributed by atoms with E-state index in [2.05, 4.69) is 73.7 Å². The highest BCUT2D eigenvalue weighted by molar-refractivity contribution is 5.98. The van der Waals surface area contributed by atoms with Crippen LogP contribution in [-0.4, -0.2) is 30.5 Å². The Labute approximate surface area is 275 Å². The Morgan fingerprint density at radius 2 is 1.70 bits per heavy atom. The van der Waals surface area contributed by atoms with Gasteiger partial charge in [-0.15, -0.1) is 0 Å². The zero-order valence-electron chi connectivity index (χ0n) is 29.2. The maximum Gasteiger partial charge on any atom is 0.379 e. The molecule has 2 aliphatic rings. The van der Waals surface area contributed by atoms with Crippen molar-refractivity contribution in [3.05, 3.63) is 69.8 Å². The molecule has 1 heterocycles. The van der Waals surface area contributed by atoms with E-state index in [4.69, 9.17) is 5.73 Å². The molecule has 9 heteroatoms. The van der Waals surface area contributed by atoms with E-state index in [9.17, 15) is 22.8 Å². The lowest BCUT2D eigenvalue weighted by Gasteiger charge is -2.31. The number of rotatable bonds is 11. The van der Waals surface area contributed by atoms with Crippen LogP contribution in [-0.2, 0) is 24.1 Å². The fourth-order valence-corrected chi connectivity index (χ4v) is 5.67. The number of hydrogen-bond acceptors (Lipinski definition) is 4. The largest absolute Gasteiger partial charge is 0.379 e. The topological polar surface area (TPSA) is 96.6 Å². The van der Waals surface area contributed by atoms with Crippen molar-refractivity contribution in [3.8, 4) is 0 Å². The number of carbonyl (C=O) groups excluding carboxylic acids is 2. The van der Waals surface area contributed by atoms with E-state index in [1.165, 1.54) is 34.2 Å². The van der Waals surface area contributed by atoms with Gasteiger partial charge >= 0.3 is 6.68 Å². The molecule has 2 amide bonds. The van der Waals surface area contributed by atoms with Gasteiger partial charge in [-0.3, -0.25) is 14.9 Å². The first-order chi connectivity index (χ1) is 21.9. The summed E-state index contributed by atoms with van der Waals surface area (Å²) < 4.78 is 29.0. The number of unbranched alkanes of at least 4 members (excludes halogenated alkanes) is 1. The van der Waals surface area contributed by atoms with E-state index in [0.717, 1.165) is 56.9 Å². The number of aliphatic imine (C=N–C) groups is 1. The first kappa shape index (κ1) is 40.7. The van der Waals surface area contributed by atoms with Gasteiger partial charge in [-0.05, 0) is 97.2 Å². The molecule has 0 saturated heterocycles. The molecule has 46 heavy (non-hydrogen) atoms. The highest BCUT2D eigenvalue weighted by Gasteiger charge is 2.26. The molecule has 1 aliphatic carbocycles. The lowest BCUT2D eigenvalue weighted by atomic mass is 9.80. The number of benzene rings is 2. The van der Waals surface area contributed by atoms with Gasteiger partial charge in [-0.2, -0.15) is 13.2 Å². The first-order valence-electron chi connectivity index (χ1n) is 16.9. The molecule has 4 rings (SSSR count). The number of aryl methyl sites for hydroxylation is 4. The van der Waals surface area contributed by atoms with Crippen LogP contribution >= 0.6 is 0 Å². The van der Waals surface area contributed by atoms with E-state index >= 15 is 0 Å². The third kappa shape index (κ3) is 14.0. The van der Waals surface area contributed by atoms with Crippen LogP contribution in [0.15, 0.2) is 41.4 Å². The number of amides is 2. The monoisotopic (exact) mass is 646 g/mol. The molecule has 2 atom stereocenters. The number of guanidine groups is 1. The Bertz CT molecular complexity index is 1260. The summed E-state index contributed by atoms with van der Waals surface area (Å²) in [7, 11) is 0. The average molecular weight is 647 g/mol. The fourth-order valence-electron chi connectivity index (χ4n) is 5.67. The van der Waals surface area contributed by atoms with Gasteiger partial charge < -0.3 is 11.1 Å². The average Bonchev–Trinajstić information content (AvgIpc) is 3.49. The summed E-state index contributed by atoms with van der Waals surface area (Å²) in [6.45, 7) is 13.3. The Hall–Kier alpha value is -3.36. The van der Waals surface area contributed by atoms with Crippen molar-refractivity contribution in [1.29, 1.82) is 0 Å². The maximum absolute atomic E-state index is 13.4. The van der Waals surface area contributed by atoms with Crippen LogP contribution in [0.4, 0.5) is 13.2 Å². The molecule has 2 unspecified atom stereocenters. The molecule has 0 saturated carbocycles. The van der Waals surface area contributed by atoms with Gasteiger partial charge in [0.15, 0.2) is 5.96 Å². The summed E-state index contributed by atoms with van der Waals surface area (Å²) in [5.74, 6) is 0.198. The minimum absolute atomic E-state index is 0.0118. The van der Waals surface area contributed by atoms with Gasteiger partial charge in [-0.25, -0.2) is 4.99 Å². The third-order valence-corrected chi connectivity index (χ3v) is 8.36. The highest BCUT2D eigenvalue weighted by atomic mass is 19.4. The van der Waals surface area contributed by atoms with E-state index in [1.54, 1.807) is 0 Å². The number of nitrogens with one attached hydrogen (secondary N) is 2. The van der Waals surface area contributed by atoms with Crippen LogP contribution in [0.5, 0.6) is 0 Å². The number of carbonyl (C=O) groups is 2. The predicted molar refractivity (Wildman–Crippen MR) is 184 cm³/mol. The Balaban J connectivity index is 0.00000121. The van der Waals surface area contributed by atoms with Crippen molar-refractivity contribution in [2.75, 3.05) is 0 Å². The molecule has 6 nitrogen and oxygen atoms in total. The number of alkyl halides is 3. The lowest BCUT2D eigenvalue weighted by Crippen LogP contribution is -2.43. The molecule has 2 aromatic carbocycles. The van der Waals surface area contributed by atoms with Gasteiger partial charge in [0.05, 0.1) is 12.1 Å². The molecule has 258 valence electrons. The molecule has 1 aliphatic heterocycles. The van der Waals surface area contributed by atoms with Crippen molar-refractivity contribution < 1.29 is 22.8 Å². The van der Waals surface area contributed by atoms with Gasteiger partial charge in [0.2, 0.25) is 5.91 Å². The Kier molecular flexibility index (Phi) is 18.3. The second-order valence-electron chi connectivity index (χ2n) is 12.2. The normalized spacial score (nSPS) is 15.9. The lowest BCUT2D eigenvalue weighted by molar-refractivity contribution is -0.120. The van der Waals surface area contributed by atoms with Crippen molar-refractivity contribution in [3.63, 3.8) is 0 Å². The van der Waals surface area contributed by atoms with Gasteiger partial charge in [0.25, 0.3) is 5.91 Å². The van der Waals surface area contributed by atoms with Crippen LogP contribution in [0.3, 0.4) is 0 Å². The molecule has 0 radical (unpaired) electrons. The summed E-state index contributed by atoms with van der Waals surface area (Å²) in [6.07, 6.45) is 9.51. The Morgan fingerprint density at radius 3 is 2.33 bits per heavy atom. The molecule has 4 N–H and O–H groups in total. The van der Waals surface area contributed by atoms with Crippen LogP contribution < -0.4 is 16.4 Å². The highest BCUT2D eigenvalue weighted by Crippen LogP contribution is 2.35. The minimum atomic E-state index is -3.67. The summed E-state index contributed by atoms with van der Waals surface area (Å²) in [5.41, 5.74) is 13.0. The van der Waals surface area contributed by atoms with Crippen molar-refractivity contribution in [2.24, 2.45) is 16.1 Å². The quantitative estimate of drug-likeness (QED) is 0.213. The molecular weight excluding hydrogens is 589 g/mol. The maximum atomic E-state index is 13.4. The molecule has 0 spiro atoms. The molecule has 0 fully saturated rings. The predicted octanol–water partition coefficient (Wildman–Crippen LogP) is 8.93. The Morgan fingerprint density at radius 1 is 1.04 bits per heavy atom. The van der Waals surface area contributed by atoms with Crippen LogP contribution in [0.2, 0.25) is 0 Å². The van der Waals surface area contributed by atoms with Crippen molar-refractivity contribution in [2.45, 2.75) is 138 Å². The second-order valence-corrected chi connectivity index (χ2v) is 12.2. The van der Waals surface area contributed by atoms with Crippen molar-refractivity contribution >= 4 is 17.8 Å². The van der Waals surface area contributed by atoms with Gasteiger partial charge in [-0.1, -0.05) is 85.6 Å². The van der Waals surface area contributed by atoms with Gasteiger partial charge in [0, 0.05) is 12.0 Å². The molecule has 0 aromatic heterocycles. The van der Waals surface area contributed by atoms with Crippen LogP contribution in [0, 0.1) is 12.3 Å². The number of fused-ring (bicyclic) bond motifs is 1. The van der Waals surface area contributed by atoms with Crippen molar-refractivity contribution in [1.82, 2.24) is 10.6 Å². The van der Waals surface area contributed by atoms with E-state index < -0.39 is 6.68 Å². The molecule has 2 aromatic rings. The smallest absolute Gasteiger partial charge is 0.370 e. The number of nitrogens with two attached hydrogens (primary N) is 1. The number of hydrogen-bond donors (Lipinski definition) is 3. The van der Waals surface area contributed by atoms with Crippen LogP contribution in [0.1, 0.15) is 138 Å². The third-order valence-electron chi connectivity index (χ3n) is 8.36. The second kappa shape index (κ2) is 20.7. The SMILES string of the molecule is CC.CC.CCC(C)(C)CC(NC(=O)c1ccc2c(c1)CCC2)c1cc(CCCCC2CC(=O)NC(N)=N2)ccc1C.FC(F)F. The molecule has 0 bridgehead atoms. The van der Waals surface area contributed by atoms with E-state index in [-0.39, 0.29) is 35.3 Å². The van der Waals surface area contributed by atoms with Crippen LogP contribution in [0.25, 0.3) is 0 Å². The summed E-state index contributed by atoms with van der Waals surface area (Å²) in [5, 5.41) is 5.98. The number of nitrogens with zero attached hydrogens (tertiary/aromatic N) is 1. The standard InChI is InChI=1S/C32H44N4O2.2C2H6.CHF3/c1-5-32(3,4)20-28(35-30(38)25-16-15-23-10-8-11-24(23)18-25)27-17-22(14-13-21(27)2)9-6-7-12-26-19-29(37)36-31(33)34-26;2*1-2;2-1(3)4/h13-18,26,28H,5-12,19-20H2,1-4H3,(H,35,38)(H3,33,34,36,37);2*1-2H3;1H. The van der Waals surface area contributed by atoms with E-state index in [0.29, 0.717) is 6.42 Å².